The fourth-order valence-electron chi connectivity index (χ4n) is 2.80. The number of aromatic amines is 1. The van der Waals surface area contributed by atoms with Gasteiger partial charge in [0.25, 0.3) is 0 Å². The summed E-state index contributed by atoms with van der Waals surface area (Å²) in [5.74, 6) is 0.500. The van der Waals surface area contributed by atoms with Crippen LogP contribution < -0.4 is 0 Å². The smallest absolute Gasteiger partial charge is 0.178 e. The van der Waals surface area contributed by atoms with Crippen LogP contribution in [0.4, 0.5) is 0 Å². The summed E-state index contributed by atoms with van der Waals surface area (Å²) in [4.78, 5) is 3.16. The number of fused-ring (bicyclic) bond motifs is 1. The third-order valence-corrected chi connectivity index (χ3v) is 5.78. The lowest BCUT2D eigenvalue weighted by Crippen LogP contribution is -2.27. The summed E-state index contributed by atoms with van der Waals surface area (Å²) >= 11 is 5.36. The monoisotopic (exact) mass is 296 g/mol. The van der Waals surface area contributed by atoms with Gasteiger partial charge in [0.1, 0.15) is 0 Å². The summed E-state index contributed by atoms with van der Waals surface area (Å²) in [6.45, 7) is 2.03. The Bertz CT molecular complexity index is 787. The Morgan fingerprint density at radius 2 is 2.21 bits per heavy atom. The molecule has 1 unspecified atom stereocenters. The lowest BCUT2D eigenvalue weighted by molar-refractivity contribution is 0.475. The van der Waals surface area contributed by atoms with Crippen molar-refractivity contribution >= 4 is 33.1 Å². The summed E-state index contributed by atoms with van der Waals surface area (Å²) in [6.07, 6.45) is 1.59. The molecule has 0 radical (unpaired) electrons. The van der Waals surface area contributed by atoms with Gasteiger partial charge in [-0.25, -0.2) is 8.42 Å². The van der Waals surface area contributed by atoms with Gasteiger partial charge in [0.05, 0.1) is 28.6 Å². The van der Waals surface area contributed by atoms with Gasteiger partial charge in [0, 0.05) is 0 Å². The highest BCUT2D eigenvalue weighted by atomic mass is 32.2. The lowest BCUT2D eigenvalue weighted by atomic mass is 10.1. The van der Waals surface area contributed by atoms with Crippen LogP contribution in [-0.2, 0) is 9.84 Å². The summed E-state index contributed by atoms with van der Waals surface area (Å²) in [6, 6.07) is 6.04. The van der Waals surface area contributed by atoms with Crippen molar-refractivity contribution in [1.82, 2.24) is 9.55 Å². The van der Waals surface area contributed by atoms with Gasteiger partial charge < -0.3 is 9.55 Å². The Balaban J connectivity index is 2.16. The number of H-pyrrole nitrogens is 1. The van der Waals surface area contributed by atoms with Crippen LogP contribution in [0.25, 0.3) is 11.0 Å². The average molecular weight is 296 g/mol. The molecule has 0 amide bonds. The molecule has 0 bridgehead atoms. The van der Waals surface area contributed by atoms with E-state index in [1.807, 2.05) is 23.6 Å². The van der Waals surface area contributed by atoms with Crippen molar-refractivity contribution in [3.8, 4) is 0 Å². The minimum atomic E-state index is -2.93. The molecular weight excluding hydrogens is 280 g/mol. The second-order valence-corrected chi connectivity index (χ2v) is 7.85. The molecule has 1 saturated heterocycles. The van der Waals surface area contributed by atoms with Gasteiger partial charge in [-0.15, -0.1) is 0 Å². The normalized spacial score (nSPS) is 22.7. The van der Waals surface area contributed by atoms with Gasteiger partial charge in [-0.3, -0.25) is 0 Å². The van der Waals surface area contributed by atoms with E-state index in [4.69, 9.17) is 12.2 Å². The van der Waals surface area contributed by atoms with E-state index < -0.39 is 9.84 Å². The first-order valence-corrected chi connectivity index (χ1v) is 8.60. The zero-order valence-corrected chi connectivity index (χ0v) is 12.4. The van der Waals surface area contributed by atoms with Gasteiger partial charge in [-0.1, -0.05) is 6.07 Å². The SMILES string of the molecule is Cc1ccc2[nH]c(=S)n(C3CCCS(=O)(=O)C3)c2c1. The Hall–Kier alpha value is -1.14. The zero-order valence-electron chi connectivity index (χ0n) is 10.7. The fraction of sp³-hybridized carbons (Fsp3) is 0.462. The van der Waals surface area contributed by atoms with Gasteiger partial charge in [-0.05, 0) is 49.7 Å². The van der Waals surface area contributed by atoms with Crippen molar-refractivity contribution < 1.29 is 8.42 Å². The molecule has 3 rings (SSSR count). The van der Waals surface area contributed by atoms with Crippen LogP contribution in [0.5, 0.6) is 0 Å². The number of imidazole rings is 1. The van der Waals surface area contributed by atoms with Crippen molar-refractivity contribution in [2.45, 2.75) is 25.8 Å². The lowest BCUT2D eigenvalue weighted by Gasteiger charge is -2.23. The maximum atomic E-state index is 11.8. The van der Waals surface area contributed by atoms with E-state index >= 15 is 0 Å². The fourth-order valence-corrected chi connectivity index (χ4v) is 4.83. The van der Waals surface area contributed by atoms with Crippen LogP contribution in [0.3, 0.4) is 0 Å². The highest BCUT2D eigenvalue weighted by Gasteiger charge is 2.27. The molecule has 0 saturated carbocycles. The van der Waals surface area contributed by atoms with Gasteiger partial charge in [-0.2, -0.15) is 0 Å². The first kappa shape index (κ1) is 12.9. The van der Waals surface area contributed by atoms with E-state index in [1.165, 1.54) is 0 Å². The number of benzene rings is 1. The van der Waals surface area contributed by atoms with Crippen LogP contribution in [0.2, 0.25) is 0 Å². The molecule has 102 valence electrons. The van der Waals surface area contributed by atoms with E-state index in [0.717, 1.165) is 23.0 Å². The minimum absolute atomic E-state index is 0.0400. The summed E-state index contributed by atoms with van der Waals surface area (Å²) in [5.41, 5.74) is 3.12. The topological polar surface area (TPSA) is 54.9 Å². The predicted molar refractivity (Wildman–Crippen MR) is 78.8 cm³/mol. The number of nitrogens with zero attached hydrogens (tertiary/aromatic N) is 1. The third-order valence-electron chi connectivity index (χ3n) is 3.68. The van der Waals surface area contributed by atoms with Crippen molar-refractivity contribution in [3.63, 3.8) is 0 Å². The molecule has 1 atom stereocenters. The maximum Gasteiger partial charge on any atom is 0.178 e. The molecule has 0 aliphatic carbocycles. The summed E-state index contributed by atoms with van der Waals surface area (Å²) in [7, 11) is -2.93. The van der Waals surface area contributed by atoms with Crippen molar-refractivity contribution in [2.24, 2.45) is 0 Å². The largest absolute Gasteiger partial charge is 0.331 e. The predicted octanol–water partition coefficient (Wildman–Crippen LogP) is 2.76. The second-order valence-electron chi connectivity index (χ2n) is 5.23. The van der Waals surface area contributed by atoms with Crippen LogP contribution >= 0.6 is 12.2 Å². The van der Waals surface area contributed by atoms with Gasteiger partial charge in [0.2, 0.25) is 0 Å². The zero-order chi connectivity index (χ0) is 13.6. The Kier molecular flexibility index (Phi) is 3.02. The standard InChI is InChI=1S/C13H16N2O2S2/c1-9-4-5-11-12(7-9)15(13(18)14-11)10-3-2-6-19(16,17)8-10/h4-5,7,10H,2-3,6,8H2,1H3,(H,14,18). The third kappa shape index (κ3) is 2.34. The Morgan fingerprint density at radius 1 is 1.42 bits per heavy atom. The molecule has 1 aromatic heterocycles. The highest BCUT2D eigenvalue weighted by molar-refractivity contribution is 7.91. The number of hydrogen-bond acceptors (Lipinski definition) is 3. The molecular formula is C13H16N2O2S2. The number of sulfone groups is 1. The van der Waals surface area contributed by atoms with Crippen LogP contribution in [0.15, 0.2) is 18.2 Å². The molecule has 4 nitrogen and oxygen atoms in total. The maximum absolute atomic E-state index is 11.8. The molecule has 1 N–H and O–H groups in total. The second kappa shape index (κ2) is 4.45. The molecule has 1 aromatic carbocycles. The molecule has 1 fully saturated rings. The summed E-state index contributed by atoms with van der Waals surface area (Å²) < 4.78 is 26.2. The molecule has 1 aliphatic rings. The van der Waals surface area contributed by atoms with E-state index in [-0.39, 0.29) is 11.8 Å². The van der Waals surface area contributed by atoms with E-state index in [9.17, 15) is 8.42 Å². The van der Waals surface area contributed by atoms with Gasteiger partial charge in [0.15, 0.2) is 14.6 Å². The Labute approximate surface area is 117 Å². The van der Waals surface area contributed by atoms with E-state index in [1.54, 1.807) is 0 Å². The molecule has 19 heavy (non-hydrogen) atoms. The van der Waals surface area contributed by atoms with E-state index in [0.29, 0.717) is 16.9 Å². The number of hydrogen-bond donors (Lipinski definition) is 1. The van der Waals surface area contributed by atoms with Crippen molar-refractivity contribution in [2.75, 3.05) is 11.5 Å². The summed E-state index contributed by atoms with van der Waals surface area (Å²) in [5, 5.41) is 0. The number of nitrogens with one attached hydrogen (secondary N) is 1. The number of aryl methyl sites for hydroxylation is 1. The molecule has 1 aliphatic heterocycles. The van der Waals surface area contributed by atoms with Crippen LogP contribution in [0.1, 0.15) is 24.4 Å². The quantitative estimate of drug-likeness (QED) is 0.823. The van der Waals surface area contributed by atoms with Gasteiger partial charge >= 0.3 is 0 Å². The average Bonchev–Trinajstić information content (AvgIpc) is 2.63. The Morgan fingerprint density at radius 3 is 2.95 bits per heavy atom. The number of aromatic nitrogens is 2. The first-order chi connectivity index (χ1) is 8.96. The molecule has 6 heteroatoms. The number of rotatable bonds is 1. The highest BCUT2D eigenvalue weighted by Crippen LogP contribution is 2.28. The molecule has 2 aromatic rings. The first-order valence-electron chi connectivity index (χ1n) is 6.37. The molecule has 0 spiro atoms. The van der Waals surface area contributed by atoms with E-state index in [2.05, 4.69) is 11.1 Å². The van der Waals surface area contributed by atoms with Crippen molar-refractivity contribution in [3.05, 3.63) is 28.5 Å². The van der Waals surface area contributed by atoms with Crippen molar-refractivity contribution in [1.29, 1.82) is 0 Å². The van der Waals surface area contributed by atoms with Crippen LogP contribution in [-0.4, -0.2) is 29.5 Å². The molecule has 2 heterocycles. The van der Waals surface area contributed by atoms with Crippen LogP contribution in [0, 0.1) is 11.7 Å². The minimum Gasteiger partial charge on any atom is -0.331 e.